The van der Waals surface area contributed by atoms with Crippen molar-refractivity contribution < 1.29 is 19.1 Å². The van der Waals surface area contributed by atoms with Crippen LogP contribution >= 0.6 is 0 Å². The Morgan fingerprint density at radius 2 is 1.75 bits per heavy atom. The van der Waals surface area contributed by atoms with Gasteiger partial charge < -0.3 is 10.1 Å². The lowest BCUT2D eigenvalue weighted by atomic mass is 9.94. The SMILES string of the molecule is Cc1ccc(/C(O)=C2\C(=O)C(=O)N(c3cccc(F)c3)C2c2c[nH]c3ccccc23)cc1. The van der Waals surface area contributed by atoms with Crippen molar-refractivity contribution in [2.75, 3.05) is 4.90 Å². The van der Waals surface area contributed by atoms with E-state index in [4.69, 9.17) is 0 Å². The topological polar surface area (TPSA) is 73.4 Å². The normalized spacial score (nSPS) is 17.9. The van der Waals surface area contributed by atoms with Crippen LogP contribution in [0.1, 0.15) is 22.7 Å². The summed E-state index contributed by atoms with van der Waals surface area (Å²) in [6.07, 6.45) is 1.72. The molecule has 5 rings (SSSR count). The summed E-state index contributed by atoms with van der Waals surface area (Å²) < 4.78 is 14.0. The third-order valence-corrected chi connectivity index (χ3v) is 5.77. The van der Waals surface area contributed by atoms with Gasteiger partial charge in [0.1, 0.15) is 11.6 Å². The fourth-order valence-corrected chi connectivity index (χ4v) is 4.21. The van der Waals surface area contributed by atoms with E-state index < -0.39 is 23.5 Å². The number of benzene rings is 3. The summed E-state index contributed by atoms with van der Waals surface area (Å²) in [6, 6.07) is 19.1. The van der Waals surface area contributed by atoms with Gasteiger partial charge in [0.15, 0.2) is 0 Å². The number of nitrogens with zero attached hydrogens (tertiary/aromatic N) is 1. The monoisotopic (exact) mass is 426 g/mol. The molecule has 1 amide bonds. The van der Waals surface area contributed by atoms with Crippen molar-refractivity contribution in [3.05, 3.63) is 107 Å². The number of carbonyl (C=O) groups is 2. The second-order valence-corrected chi connectivity index (χ2v) is 7.80. The zero-order valence-electron chi connectivity index (χ0n) is 17.2. The van der Waals surface area contributed by atoms with Crippen LogP contribution in [0.25, 0.3) is 16.7 Å². The van der Waals surface area contributed by atoms with Crippen LogP contribution in [0.3, 0.4) is 0 Å². The first-order valence-electron chi connectivity index (χ1n) is 10.2. The van der Waals surface area contributed by atoms with Crippen molar-refractivity contribution in [2.24, 2.45) is 0 Å². The molecule has 2 N–H and O–H groups in total. The van der Waals surface area contributed by atoms with Crippen LogP contribution in [-0.2, 0) is 9.59 Å². The molecule has 1 aliphatic heterocycles. The molecule has 0 spiro atoms. The number of nitrogens with one attached hydrogen (secondary N) is 1. The van der Waals surface area contributed by atoms with Crippen LogP contribution in [0.2, 0.25) is 0 Å². The number of aliphatic hydroxyl groups excluding tert-OH is 1. The summed E-state index contributed by atoms with van der Waals surface area (Å²) in [5.41, 5.74) is 3.09. The van der Waals surface area contributed by atoms with Gasteiger partial charge in [-0.3, -0.25) is 14.5 Å². The molecule has 1 fully saturated rings. The predicted octanol–water partition coefficient (Wildman–Crippen LogP) is 5.24. The molecule has 1 aliphatic rings. The number of aromatic nitrogens is 1. The lowest BCUT2D eigenvalue weighted by Crippen LogP contribution is -2.29. The number of amides is 1. The maximum absolute atomic E-state index is 14.0. The molecule has 32 heavy (non-hydrogen) atoms. The highest BCUT2D eigenvalue weighted by Gasteiger charge is 2.47. The summed E-state index contributed by atoms with van der Waals surface area (Å²) in [7, 11) is 0. The van der Waals surface area contributed by atoms with Crippen molar-refractivity contribution in [1.82, 2.24) is 4.98 Å². The molecule has 1 aromatic heterocycles. The Kier molecular flexibility index (Phi) is 4.63. The van der Waals surface area contributed by atoms with Crippen LogP contribution < -0.4 is 4.90 Å². The van der Waals surface area contributed by atoms with E-state index in [1.54, 1.807) is 24.4 Å². The number of hydrogen-bond acceptors (Lipinski definition) is 3. The molecule has 1 saturated heterocycles. The number of H-pyrrole nitrogens is 1. The maximum atomic E-state index is 14.0. The molecule has 0 saturated carbocycles. The van der Waals surface area contributed by atoms with Gasteiger partial charge in [0.25, 0.3) is 11.7 Å². The number of Topliss-reactive ketones (excluding diaryl/α,β-unsaturated/α-hetero) is 1. The molecule has 0 bridgehead atoms. The number of aliphatic hydroxyl groups is 1. The van der Waals surface area contributed by atoms with Crippen LogP contribution in [0.5, 0.6) is 0 Å². The number of rotatable bonds is 3. The third kappa shape index (κ3) is 3.08. The fourth-order valence-electron chi connectivity index (χ4n) is 4.21. The van der Waals surface area contributed by atoms with E-state index in [9.17, 15) is 19.1 Å². The van der Waals surface area contributed by atoms with E-state index in [1.165, 1.54) is 23.1 Å². The molecule has 5 nitrogen and oxygen atoms in total. The summed E-state index contributed by atoms with van der Waals surface area (Å²) >= 11 is 0. The van der Waals surface area contributed by atoms with E-state index in [2.05, 4.69) is 4.98 Å². The van der Waals surface area contributed by atoms with Gasteiger partial charge in [0.05, 0.1) is 11.6 Å². The van der Waals surface area contributed by atoms with E-state index in [1.807, 2.05) is 43.3 Å². The number of anilines is 1. The minimum Gasteiger partial charge on any atom is -0.507 e. The standard InChI is InChI=1S/C26H19FN2O3/c1-15-9-11-16(12-10-15)24(30)22-23(20-14-28-21-8-3-2-7-19(20)21)29(26(32)25(22)31)18-6-4-5-17(27)13-18/h2-14,23,28,30H,1H3/b24-22+. The van der Waals surface area contributed by atoms with Crippen molar-refractivity contribution in [1.29, 1.82) is 0 Å². The number of ketones is 1. The van der Waals surface area contributed by atoms with E-state index in [0.717, 1.165) is 16.5 Å². The quantitative estimate of drug-likeness (QED) is 0.267. The van der Waals surface area contributed by atoms with E-state index >= 15 is 0 Å². The highest BCUT2D eigenvalue weighted by Crippen LogP contribution is 2.44. The number of fused-ring (bicyclic) bond motifs is 1. The Morgan fingerprint density at radius 3 is 2.50 bits per heavy atom. The number of para-hydroxylation sites is 1. The number of aromatic amines is 1. The van der Waals surface area contributed by atoms with E-state index in [0.29, 0.717) is 11.1 Å². The van der Waals surface area contributed by atoms with Crippen LogP contribution in [-0.4, -0.2) is 21.8 Å². The Labute approximate surface area is 183 Å². The van der Waals surface area contributed by atoms with Gasteiger partial charge in [0, 0.05) is 33.9 Å². The molecule has 4 aromatic rings. The van der Waals surface area contributed by atoms with Gasteiger partial charge in [0.2, 0.25) is 0 Å². The molecule has 6 heteroatoms. The second kappa shape index (κ2) is 7.50. The Morgan fingerprint density at radius 1 is 1.00 bits per heavy atom. The number of halogens is 1. The highest BCUT2D eigenvalue weighted by molar-refractivity contribution is 6.51. The van der Waals surface area contributed by atoms with Crippen LogP contribution in [0.4, 0.5) is 10.1 Å². The Hall–Kier alpha value is -4.19. The van der Waals surface area contributed by atoms with Gasteiger partial charge in [-0.25, -0.2) is 4.39 Å². The number of hydrogen-bond donors (Lipinski definition) is 2. The van der Waals surface area contributed by atoms with Crippen molar-refractivity contribution >= 4 is 34.0 Å². The molecular weight excluding hydrogens is 407 g/mol. The number of carbonyl (C=O) groups excluding carboxylic acids is 2. The minimum atomic E-state index is -0.922. The third-order valence-electron chi connectivity index (χ3n) is 5.77. The van der Waals surface area contributed by atoms with E-state index in [-0.39, 0.29) is 17.0 Å². The van der Waals surface area contributed by atoms with Gasteiger partial charge >= 0.3 is 0 Å². The zero-order chi connectivity index (χ0) is 22.4. The smallest absolute Gasteiger partial charge is 0.300 e. The average molecular weight is 426 g/mol. The molecule has 3 aromatic carbocycles. The minimum absolute atomic E-state index is 0.0344. The average Bonchev–Trinajstić information content (AvgIpc) is 3.32. The summed E-state index contributed by atoms with van der Waals surface area (Å²) in [6.45, 7) is 1.92. The largest absolute Gasteiger partial charge is 0.507 e. The zero-order valence-corrected chi connectivity index (χ0v) is 17.2. The Balaban J connectivity index is 1.78. The first kappa shape index (κ1) is 19.8. The molecule has 0 aliphatic carbocycles. The maximum Gasteiger partial charge on any atom is 0.300 e. The van der Waals surface area contributed by atoms with Crippen molar-refractivity contribution in [3.63, 3.8) is 0 Å². The lowest BCUT2D eigenvalue weighted by molar-refractivity contribution is -0.132. The first-order chi connectivity index (χ1) is 15.5. The van der Waals surface area contributed by atoms with Crippen molar-refractivity contribution in [2.45, 2.75) is 13.0 Å². The molecule has 1 unspecified atom stereocenters. The summed E-state index contributed by atoms with van der Waals surface area (Å²) in [5, 5.41) is 12.0. The molecule has 0 radical (unpaired) electrons. The highest BCUT2D eigenvalue weighted by atomic mass is 19.1. The molecule has 158 valence electrons. The molecule has 1 atom stereocenters. The predicted molar refractivity (Wildman–Crippen MR) is 121 cm³/mol. The summed E-state index contributed by atoms with van der Waals surface area (Å²) in [5.74, 6) is -2.43. The van der Waals surface area contributed by atoms with Gasteiger partial charge in [-0.2, -0.15) is 0 Å². The van der Waals surface area contributed by atoms with Gasteiger partial charge in [-0.15, -0.1) is 0 Å². The molecule has 2 heterocycles. The van der Waals surface area contributed by atoms with Gasteiger partial charge in [-0.05, 0) is 31.2 Å². The number of aryl methyl sites for hydroxylation is 1. The Bertz CT molecular complexity index is 1400. The van der Waals surface area contributed by atoms with Crippen LogP contribution in [0.15, 0.2) is 84.6 Å². The fraction of sp³-hybridized carbons (Fsp3) is 0.0769. The van der Waals surface area contributed by atoms with Crippen LogP contribution in [0, 0.1) is 12.7 Å². The first-order valence-corrected chi connectivity index (χ1v) is 10.2. The van der Waals surface area contributed by atoms with Crippen molar-refractivity contribution in [3.8, 4) is 0 Å². The lowest BCUT2D eigenvalue weighted by Gasteiger charge is -2.25. The summed E-state index contributed by atoms with van der Waals surface area (Å²) in [4.78, 5) is 30.7. The second-order valence-electron chi connectivity index (χ2n) is 7.80. The van der Waals surface area contributed by atoms with Gasteiger partial charge in [-0.1, -0.05) is 54.1 Å². The molecular formula is C26H19FN2O3.